The summed E-state index contributed by atoms with van der Waals surface area (Å²) < 4.78 is 5.27. The lowest BCUT2D eigenvalue weighted by Crippen LogP contribution is -2.49. The molecule has 1 saturated heterocycles. The molecule has 0 radical (unpaired) electrons. The van der Waals surface area contributed by atoms with Crippen molar-refractivity contribution in [2.24, 2.45) is 5.92 Å². The van der Waals surface area contributed by atoms with Crippen LogP contribution in [0.5, 0.6) is 0 Å². The van der Waals surface area contributed by atoms with Gasteiger partial charge in [0.2, 0.25) is 0 Å². The van der Waals surface area contributed by atoms with E-state index < -0.39 is 11.7 Å². The van der Waals surface area contributed by atoms with Gasteiger partial charge in [0, 0.05) is 6.54 Å². The molecule has 0 aliphatic carbocycles. The van der Waals surface area contributed by atoms with Crippen LogP contribution in [0.3, 0.4) is 0 Å². The Balaban J connectivity index is 2.64. The number of aliphatic hydroxyl groups is 1. The summed E-state index contributed by atoms with van der Waals surface area (Å²) in [5.74, 6) is -0.0779. The van der Waals surface area contributed by atoms with Gasteiger partial charge in [-0.25, -0.2) is 4.79 Å². The highest BCUT2D eigenvalue weighted by atomic mass is 16.6. The minimum atomic E-state index is -0.539. The normalized spacial score (nSPS) is 25.2. The molecule has 96 valence electrons. The minimum Gasteiger partial charge on any atom is -0.444 e. The van der Waals surface area contributed by atoms with Gasteiger partial charge in [-0.15, -0.1) is 0 Å². The lowest BCUT2D eigenvalue weighted by molar-refractivity contribution is -0.00162. The Morgan fingerprint density at radius 2 is 2.24 bits per heavy atom. The second kappa shape index (κ2) is 5.37. The van der Waals surface area contributed by atoms with Crippen molar-refractivity contribution in [3.8, 4) is 6.07 Å². The first-order valence-corrected chi connectivity index (χ1v) is 5.87. The average molecular weight is 240 g/mol. The number of likely N-dealkylation sites (tertiary alicyclic amines) is 1. The molecule has 5 heteroatoms. The largest absolute Gasteiger partial charge is 0.444 e. The van der Waals surface area contributed by atoms with Gasteiger partial charge >= 0.3 is 6.09 Å². The maximum atomic E-state index is 11.9. The van der Waals surface area contributed by atoms with Crippen LogP contribution in [0.1, 0.15) is 33.6 Å². The average Bonchev–Trinajstić information content (AvgIpc) is 2.25. The Kier molecular flexibility index (Phi) is 4.35. The molecule has 1 rings (SSSR count). The molecule has 0 saturated carbocycles. The number of aliphatic hydroxyl groups excluding tert-OH is 1. The summed E-state index contributed by atoms with van der Waals surface area (Å²) in [5.41, 5.74) is -0.539. The van der Waals surface area contributed by atoms with Gasteiger partial charge in [-0.05, 0) is 33.6 Å². The third kappa shape index (κ3) is 3.90. The molecule has 5 nitrogen and oxygen atoms in total. The molecule has 1 heterocycles. The van der Waals surface area contributed by atoms with E-state index in [1.165, 1.54) is 4.90 Å². The molecule has 2 atom stereocenters. The molecule has 0 aromatic rings. The van der Waals surface area contributed by atoms with Gasteiger partial charge in [-0.3, -0.25) is 0 Å². The fourth-order valence-corrected chi connectivity index (χ4v) is 1.90. The first kappa shape index (κ1) is 13.8. The number of hydrogen-bond acceptors (Lipinski definition) is 4. The number of nitriles is 1. The van der Waals surface area contributed by atoms with Gasteiger partial charge < -0.3 is 14.7 Å². The molecule has 1 fully saturated rings. The molecule has 0 aromatic carbocycles. The number of piperidine rings is 1. The topological polar surface area (TPSA) is 73.6 Å². The molecule has 1 amide bonds. The van der Waals surface area contributed by atoms with Gasteiger partial charge in [0.25, 0.3) is 0 Å². The molecular weight excluding hydrogens is 220 g/mol. The number of ether oxygens (including phenoxy) is 1. The van der Waals surface area contributed by atoms with E-state index in [4.69, 9.17) is 10.00 Å². The second-order valence-electron chi connectivity index (χ2n) is 5.36. The number of carbonyl (C=O) groups excluding carboxylic acids is 1. The summed E-state index contributed by atoms with van der Waals surface area (Å²) >= 11 is 0. The zero-order valence-corrected chi connectivity index (χ0v) is 10.6. The highest BCUT2D eigenvalue weighted by Crippen LogP contribution is 2.24. The third-order valence-electron chi connectivity index (χ3n) is 2.74. The molecule has 0 spiro atoms. The van der Waals surface area contributed by atoms with Crippen LogP contribution in [0.4, 0.5) is 4.79 Å². The Hall–Kier alpha value is -1.28. The molecule has 1 aliphatic rings. The zero-order chi connectivity index (χ0) is 13.1. The highest BCUT2D eigenvalue weighted by Gasteiger charge is 2.33. The van der Waals surface area contributed by atoms with E-state index in [9.17, 15) is 9.90 Å². The van der Waals surface area contributed by atoms with Crippen molar-refractivity contribution in [2.45, 2.75) is 45.3 Å². The maximum absolute atomic E-state index is 11.9. The van der Waals surface area contributed by atoms with Crippen molar-refractivity contribution in [3.63, 3.8) is 0 Å². The van der Waals surface area contributed by atoms with Gasteiger partial charge in [0.05, 0.1) is 24.6 Å². The van der Waals surface area contributed by atoms with E-state index in [0.29, 0.717) is 19.4 Å². The molecule has 17 heavy (non-hydrogen) atoms. The smallest absolute Gasteiger partial charge is 0.410 e. The Morgan fingerprint density at radius 1 is 1.59 bits per heavy atom. The van der Waals surface area contributed by atoms with Crippen LogP contribution in [-0.4, -0.2) is 40.9 Å². The molecule has 0 unspecified atom stereocenters. The van der Waals surface area contributed by atoms with E-state index in [1.807, 2.05) is 0 Å². The molecule has 1 aliphatic heterocycles. The van der Waals surface area contributed by atoms with Crippen LogP contribution in [0.2, 0.25) is 0 Å². The fraction of sp³-hybridized carbons (Fsp3) is 0.833. The van der Waals surface area contributed by atoms with Crippen molar-refractivity contribution in [2.75, 3.05) is 13.2 Å². The number of rotatable bonds is 1. The monoisotopic (exact) mass is 240 g/mol. The minimum absolute atomic E-state index is 0.0779. The third-order valence-corrected chi connectivity index (χ3v) is 2.74. The van der Waals surface area contributed by atoms with Gasteiger partial charge in [0.1, 0.15) is 5.60 Å². The van der Waals surface area contributed by atoms with Crippen molar-refractivity contribution in [3.05, 3.63) is 0 Å². The van der Waals surface area contributed by atoms with Crippen LogP contribution in [0.25, 0.3) is 0 Å². The fourth-order valence-electron chi connectivity index (χ4n) is 1.90. The van der Waals surface area contributed by atoms with E-state index >= 15 is 0 Å². The maximum Gasteiger partial charge on any atom is 0.410 e. The number of amides is 1. The van der Waals surface area contributed by atoms with Crippen molar-refractivity contribution in [1.29, 1.82) is 5.26 Å². The summed E-state index contributed by atoms with van der Waals surface area (Å²) in [5, 5.41) is 18.1. The quantitative estimate of drug-likeness (QED) is 0.754. The van der Waals surface area contributed by atoms with Gasteiger partial charge in [0.15, 0.2) is 0 Å². The zero-order valence-electron chi connectivity index (χ0n) is 10.6. The predicted octanol–water partition coefficient (Wildman–Crippen LogP) is 1.52. The van der Waals surface area contributed by atoms with Crippen LogP contribution in [0, 0.1) is 17.2 Å². The summed E-state index contributed by atoms with van der Waals surface area (Å²) in [6, 6.07) is 1.88. The Bertz CT molecular complexity index is 317. The molecular formula is C12H20N2O3. The summed E-state index contributed by atoms with van der Waals surface area (Å²) in [6.45, 7) is 5.76. The Morgan fingerprint density at radius 3 is 2.71 bits per heavy atom. The van der Waals surface area contributed by atoms with E-state index in [2.05, 4.69) is 6.07 Å². The van der Waals surface area contributed by atoms with Crippen LogP contribution < -0.4 is 0 Å². The summed E-state index contributed by atoms with van der Waals surface area (Å²) in [6.07, 6.45) is 0.756. The molecule has 1 N–H and O–H groups in total. The number of hydrogen-bond donors (Lipinski definition) is 1. The lowest BCUT2D eigenvalue weighted by Gasteiger charge is -2.37. The van der Waals surface area contributed by atoms with Crippen molar-refractivity contribution in [1.82, 2.24) is 4.90 Å². The van der Waals surface area contributed by atoms with Crippen LogP contribution >= 0.6 is 0 Å². The van der Waals surface area contributed by atoms with Crippen LogP contribution in [0.15, 0.2) is 0 Å². The highest BCUT2D eigenvalue weighted by molar-refractivity contribution is 5.68. The SMILES string of the molecule is CC(C)(C)OC(=O)N1CC[C@H](C#N)C[C@H]1CO. The first-order valence-electron chi connectivity index (χ1n) is 5.87. The van der Waals surface area contributed by atoms with Gasteiger partial charge in [-0.1, -0.05) is 0 Å². The molecule has 0 bridgehead atoms. The van der Waals surface area contributed by atoms with E-state index in [-0.39, 0.29) is 18.6 Å². The summed E-state index contributed by atoms with van der Waals surface area (Å²) in [4.78, 5) is 13.4. The Labute approximate surface area is 102 Å². The van der Waals surface area contributed by atoms with E-state index in [1.54, 1.807) is 20.8 Å². The standard InChI is InChI=1S/C12H20N2O3/c1-12(2,3)17-11(16)14-5-4-9(7-13)6-10(14)8-15/h9-10,15H,4-6,8H2,1-3H3/t9-,10-/m0/s1. The summed E-state index contributed by atoms with van der Waals surface area (Å²) in [7, 11) is 0. The number of carbonyl (C=O) groups is 1. The van der Waals surface area contributed by atoms with Crippen molar-refractivity contribution >= 4 is 6.09 Å². The second-order valence-corrected chi connectivity index (χ2v) is 5.36. The molecule has 0 aromatic heterocycles. The lowest BCUT2D eigenvalue weighted by atomic mass is 9.93. The van der Waals surface area contributed by atoms with E-state index in [0.717, 1.165) is 0 Å². The number of nitrogens with zero attached hydrogens (tertiary/aromatic N) is 2. The predicted molar refractivity (Wildman–Crippen MR) is 62.2 cm³/mol. The van der Waals surface area contributed by atoms with Crippen LogP contribution in [-0.2, 0) is 4.74 Å². The van der Waals surface area contributed by atoms with Crippen molar-refractivity contribution < 1.29 is 14.6 Å². The van der Waals surface area contributed by atoms with Gasteiger partial charge in [-0.2, -0.15) is 5.26 Å². The first-order chi connectivity index (χ1) is 7.87.